The Balaban J connectivity index is 1.09. The standard InChI is InChI=1S/C25H33N7OS/c33-23(26-11-15-29-16-18-30(19-17-29)20-21-8-3-1-4-9-21)22-10-7-14-32(22)25-28-27-24(34-25)31-12-5-2-6-13-31/h1,3-4,7-10,14H,2,5-6,11-13,15-20H2,(H,26,33). The number of rotatable bonds is 8. The van der Waals surface area contributed by atoms with Gasteiger partial charge in [-0.15, -0.1) is 10.2 Å². The van der Waals surface area contributed by atoms with Crippen molar-refractivity contribution in [3.8, 4) is 5.13 Å². The molecule has 4 heterocycles. The average molecular weight is 480 g/mol. The molecule has 180 valence electrons. The Labute approximate surface area is 205 Å². The second-order valence-electron chi connectivity index (χ2n) is 9.04. The molecule has 8 nitrogen and oxygen atoms in total. The van der Waals surface area contributed by atoms with E-state index in [-0.39, 0.29) is 5.91 Å². The maximum absolute atomic E-state index is 12.9. The maximum Gasteiger partial charge on any atom is 0.268 e. The van der Waals surface area contributed by atoms with Crippen molar-refractivity contribution in [3.63, 3.8) is 0 Å². The number of carbonyl (C=O) groups excluding carboxylic acids is 1. The Morgan fingerprint density at radius 1 is 0.853 bits per heavy atom. The molecule has 0 unspecified atom stereocenters. The normalized spacial score (nSPS) is 17.7. The first-order chi connectivity index (χ1) is 16.8. The van der Waals surface area contributed by atoms with Crippen LogP contribution in [-0.2, 0) is 6.54 Å². The lowest BCUT2D eigenvalue weighted by molar-refractivity contribution is 0.0927. The van der Waals surface area contributed by atoms with E-state index < -0.39 is 0 Å². The molecule has 3 aromatic rings. The Morgan fingerprint density at radius 2 is 1.59 bits per heavy atom. The summed E-state index contributed by atoms with van der Waals surface area (Å²) in [5, 5.41) is 13.5. The van der Waals surface area contributed by atoms with E-state index in [1.54, 1.807) is 11.3 Å². The molecule has 0 bridgehead atoms. The number of hydrogen-bond acceptors (Lipinski definition) is 7. The Morgan fingerprint density at radius 3 is 2.38 bits per heavy atom. The number of aromatic nitrogens is 3. The summed E-state index contributed by atoms with van der Waals surface area (Å²) in [7, 11) is 0. The van der Waals surface area contributed by atoms with Gasteiger partial charge in [0.2, 0.25) is 10.3 Å². The highest BCUT2D eigenvalue weighted by Gasteiger charge is 2.20. The molecule has 2 saturated heterocycles. The van der Waals surface area contributed by atoms with Crippen molar-refractivity contribution in [1.29, 1.82) is 0 Å². The summed E-state index contributed by atoms with van der Waals surface area (Å²) in [5.41, 5.74) is 1.97. The number of anilines is 1. The Bertz CT molecular complexity index is 1050. The summed E-state index contributed by atoms with van der Waals surface area (Å²) in [6.45, 7) is 8.76. The van der Waals surface area contributed by atoms with Crippen molar-refractivity contribution in [2.45, 2.75) is 25.8 Å². The van der Waals surface area contributed by atoms with Crippen LogP contribution in [-0.4, -0.2) is 82.8 Å². The molecule has 0 saturated carbocycles. The zero-order valence-electron chi connectivity index (χ0n) is 19.6. The van der Waals surface area contributed by atoms with Gasteiger partial charge in [0, 0.05) is 65.1 Å². The second kappa shape index (κ2) is 11.1. The number of nitrogens with one attached hydrogen (secondary N) is 1. The van der Waals surface area contributed by atoms with E-state index in [0.717, 1.165) is 62.6 Å². The van der Waals surface area contributed by atoms with Gasteiger partial charge in [-0.1, -0.05) is 41.7 Å². The lowest BCUT2D eigenvalue weighted by Crippen LogP contribution is -2.48. The summed E-state index contributed by atoms with van der Waals surface area (Å²) in [4.78, 5) is 20.1. The van der Waals surface area contributed by atoms with E-state index in [1.807, 2.05) is 22.9 Å². The van der Waals surface area contributed by atoms with Crippen molar-refractivity contribution < 1.29 is 4.79 Å². The molecule has 0 atom stereocenters. The molecule has 2 fully saturated rings. The topological polar surface area (TPSA) is 69.5 Å². The van der Waals surface area contributed by atoms with E-state index in [4.69, 9.17) is 0 Å². The molecule has 0 radical (unpaired) electrons. The van der Waals surface area contributed by atoms with Gasteiger partial charge >= 0.3 is 0 Å². The van der Waals surface area contributed by atoms with Gasteiger partial charge in [0.1, 0.15) is 5.69 Å². The molecule has 5 rings (SSSR count). The van der Waals surface area contributed by atoms with Crippen molar-refractivity contribution in [3.05, 3.63) is 59.9 Å². The highest BCUT2D eigenvalue weighted by molar-refractivity contribution is 7.17. The first-order valence-electron chi connectivity index (χ1n) is 12.3. The van der Waals surface area contributed by atoms with E-state index in [2.05, 4.69) is 60.5 Å². The molecule has 2 aliphatic rings. The van der Waals surface area contributed by atoms with E-state index in [9.17, 15) is 4.79 Å². The minimum atomic E-state index is -0.0672. The third-order valence-corrected chi connectivity index (χ3v) is 7.63. The van der Waals surface area contributed by atoms with Crippen LogP contribution in [0.5, 0.6) is 0 Å². The zero-order chi connectivity index (χ0) is 23.2. The molecule has 1 amide bonds. The van der Waals surface area contributed by atoms with Crippen LogP contribution in [0.2, 0.25) is 0 Å². The number of hydrogen-bond donors (Lipinski definition) is 1. The zero-order valence-corrected chi connectivity index (χ0v) is 20.4. The SMILES string of the molecule is O=C(NCCN1CCN(Cc2ccccc2)CC1)c1cccn1-c1nnc(N2CCCCC2)s1. The number of amides is 1. The van der Waals surface area contributed by atoms with Crippen LogP contribution in [0.4, 0.5) is 5.13 Å². The number of carbonyl (C=O) groups is 1. The molecule has 34 heavy (non-hydrogen) atoms. The highest BCUT2D eigenvalue weighted by Crippen LogP contribution is 2.26. The van der Waals surface area contributed by atoms with Gasteiger partial charge in [0.25, 0.3) is 5.91 Å². The van der Waals surface area contributed by atoms with E-state index >= 15 is 0 Å². The quantitative estimate of drug-likeness (QED) is 0.536. The van der Waals surface area contributed by atoms with Gasteiger partial charge < -0.3 is 10.2 Å². The van der Waals surface area contributed by atoms with Crippen molar-refractivity contribution in [2.75, 3.05) is 57.3 Å². The Hall–Kier alpha value is -2.75. The smallest absolute Gasteiger partial charge is 0.268 e. The van der Waals surface area contributed by atoms with Crippen molar-refractivity contribution in [1.82, 2.24) is 29.9 Å². The number of piperazine rings is 1. The summed E-state index contributed by atoms with van der Waals surface area (Å²) in [6.07, 6.45) is 5.58. The van der Waals surface area contributed by atoms with Gasteiger partial charge in [-0.2, -0.15) is 0 Å². The minimum absolute atomic E-state index is 0.0672. The van der Waals surface area contributed by atoms with Crippen LogP contribution >= 0.6 is 11.3 Å². The summed E-state index contributed by atoms with van der Waals surface area (Å²) < 4.78 is 1.85. The maximum atomic E-state index is 12.9. The van der Waals surface area contributed by atoms with Crippen LogP contribution in [0.15, 0.2) is 48.7 Å². The minimum Gasteiger partial charge on any atom is -0.349 e. The van der Waals surface area contributed by atoms with Crippen LogP contribution in [0.1, 0.15) is 35.3 Å². The van der Waals surface area contributed by atoms with E-state index in [0.29, 0.717) is 12.2 Å². The number of piperidine rings is 1. The van der Waals surface area contributed by atoms with Gasteiger partial charge in [0.15, 0.2) is 0 Å². The second-order valence-corrected chi connectivity index (χ2v) is 9.97. The average Bonchev–Trinajstić information content (AvgIpc) is 3.56. The predicted molar refractivity (Wildman–Crippen MR) is 136 cm³/mol. The number of nitrogens with zero attached hydrogens (tertiary/aromatic N) is 6. The van der Waals surface area contributed by atoms with Gasteiger partial charge in [-0.25, -0.2) is 0 Å². The third kappa shape index (κ3) is 5.65. The lowest BCUT2D eigenvalue weighted by atomic mass is 10.1. The fourth-order valence-electron chi connectivity index (χ4n) is 4.68. The third-order valence-electron chi connectivity index (χ3n) is 6.65. The molecule has 2 aliphatic heterocycles. The van der Waals surface area contributed by atoms with E-state index in [1.165, 1.54) is 24.8 Å². The molecular formula is C25H33N7OS. The van der Waals surface area contributed by atoms with Gasteiger partial charge in [-0.3, -0.25) is 19.2 Å². The predicted octanol–water partition coefficient (Wildman–Crippen LogP) is 2.87. The van der Waals surface area contributed by atoms with Crippen LogP contribution < -0.4 is 10.2 Å². The van der Waals surface area contributed by atoms with Crippen LogP contribution in [0.3, 0.4) is 0 Å². The van der Waals surface area contributed by atoms with Crippen molar-refractivity contribution >= 4 is 22.4 Å². The molecule has 0 aliphatic carbocycles. The van der Waals surface area contributed by atoms with Crippen molar-refractivity contribution in [2.24, 2.45) is 0 Å². The summed E-state index contributed by atoms with van der Waals surface area (Å²) in [6, 6.07) is 14.4. The molecule has 2 aromatic heterocycles. The largest absolute Gasteiger partial charge is 0.349 e. The Kier molecular flexibility index (Phi) is 7.52. The first kappa shape index (κ1) is 23.0. The highest BCUT2D eigenvalue weighted by atomic mass is 32.1. The molecule has 9 heteroatoms. The lowest BCUT2D eigenvalue weighted by Gasteiger charge is -2.34. The molecule has 1 aromatic carbocycles. The van der Waals surface area contributed by atoms with Gasteiger partial charge in [-0.05, 0) is 37.0 Å². The van der Waals surface area contributed by atoms with Crippen LogP contribution in [0.25, 0.3) is 5.13 Å². The molecular weight excluding hydrogens is 446 g/mol. The molecule has 0 spiro atoms. The fraction of sp³-hybridized carbons (Fsp3) is 0.480. The first-order valence-corrected chi connectivity index (χ1v) is 13.1. The number of benzene rings is 1. The van der Waals surface area contributed by atoms with Crippen LogP contribution in [0, 0.1) is 0 Å². The monoisotopic (exact) mass is 479 g/mol. The fourth-order valence-corrected chi connectivity index (χ4v) is 5.58. The summed E-state index contributed by atoms with van der Waals surface area (Å²) in [5.74, 6) is -0.0672. The molecule has 1 N–H and O–H groups in total. The van der Waals surface area contributed by atoms with Gasteiger partial charge in [0.05, 0.1) is 0 Å². The summed E-state index contributed by atoms with van der Waals surface area (Å²) >= 11 is 1.55.